The average Bonchev–Trinajstić information content (AvgIpc) is 3.54. The first-order valence-electron chi connectivity index (χ1n) is 17.8. The maximum atomic E-state index is 13.9. The number of halogens is 3. The first-order chi connectivity index (χ1) is 24.6. The molecule has 0 amide bonds. The van der Waals surface area contributed by atoms with E-state index in [1.807, 2.05) is 12.1 Å². The summed E-state index contributed by atoms with van der Waals surface area (Å²) in [4.78, 5) is 2.28. The van der Waals surface area contributed by atoms with E-state index in [1.54, 1.807) is 18.2 Å². The van der Waals surface area contributed by atoms with Gasteiger partial charge < -0.3 is 39.7 Å². The van der Waals surface area contributed by atoms with Crippen LogP contribution in [0.4, 0.5) is 8.78 Å². The highest BCUT2D eigenvalue weighted by Gasteiger charge is 2.28. The van der Waals surface area contributed by atoms with E-state index in [2.05, 4.69) is 49.2 Å². The van der Waals surface area contributed by atoms with E-state index in [9.17, 15) is 24.1 Å². The number of nitrogens with one attached hydrogen (secondary N) is 1. The Labute approximate surface area is 305 Å². The number of nitrogens with zero attached hydrogens (tertiary/aromatic N) is 1. The van der Waals surface area contributed by atoms with Crippen molar-refractivity contribution in [3.8, 4) is 11.5 Å². The van der Waals surface area contributed by atoms with Gasteiger partial charge in [-0.2, -0.15) is 0 Å². The van der Waals surface area contributed by atoms with Crippen molar-refractivity contribution in [2.45, 2.75) is 71.2 Å². The number of rotatable bonds is 17. The Bertz CT molecular complexity index is 1620. The van der Waals surface area contributed by atoms with Crippen molar-refractivity contribution in [3.05, 3.63) is 105 Å². The van der Waals surface area contributed by atoms with Crippen molar-refractivity contribution in [1.29, 1.82) is 0 Å². The van der Waals surface area contributed by atoms with Crippen LogP contribution in [0.25, 0.3) is 0 Å². The number of aliphatic hydroxyl groups is 3. The highest BCUT2D eigenvalue weighted by atomic mass is 35.5. The molecule has 8 nitrogen and oxygen atoms in total. The summed E-state index contributed by atoms with van der Waals surface area (Å²) in [6.07, 6.45) is 8.43. The van der Waals surface area contributed by atoms with Gasteiger partial charge in [0.25, 0.3) is 0 Å². The molecule has 1 aliphatic heterocycles. The van der Waals surface area contributed by atoms with Gasteiger partial charge in [-0.05, 0) is 73.1 Å². The maximum absolute atomic E-state index is 13.9. The minimum Gasteiger partial charge on any atom is -0.494 e. The number of β-amino-alcohol motifs (C(OH)–C–C–N with tert-alkyl or cyclic N) is 1. The molecule has 2 aromatic rings. The lowest BCUT2D eigenvalue weighted by atomic mass is 9.76. The third-order valence-corrected chi connectivity index (χ3v) is 10.4. The third kappa shape index (κ3) is 10.2. The fourth-order valence-corrected chi connectivity index (χ4v) is 7.20. The van der Waals surface area contributed by atoms with Gasteiger partial charge >= 0.3 is 0 Å². The Morgan fingerprint density at radius 1 is 1.02 bits per heavy atom. The molecule has 3 unspecified atom stereocenters. The number of benzene rings is 2. The second kappa shape index (κ2) is 18.5. The van der Waals surface area contributed by atoms with Crippen molar-refractivity contribution >= 4 is 11.6 Å². The molecule has 0 radical (unpaired) electrons. The van der Waals surface area contributed by atoms with Crippen LogP contribution in [0.5, 0.6) is 11.5 Å². The first-order valence-corrected chi connectivity index (χ1v) is 18.2. The third-order valence-electron chi connectivity index (χ3n) is 10.1. The summed E-state index contributed by atoms with van der Waals surface area (Å²) in [5, 5.41) is 32.3. The molecule has 5 rings (SSSR count). The largest absolute Gasteiger partial charge is 0.494 e. The van der Waals surface area contributed by atoms with E-state index in [-0.39, 0.29) is 63.3 Å². The Morgan fingerprint density at radius 2 is 1.82 bits per heavy atom. The molecule has 0 bridgehead atoms. The topological polar surface area (TPSA) is 104 Å². The molecular weight excluding hydrogens is 678 g/mol. The van der Waals surface area contributed by atoms with Crippen LogP contribution in [0.3, 0.4) is 0 Å². The molecule has 4 atom stereocenters. The smallest absolute Gasteiger partial charge is 0.154 e. The van der Waals surface area contributed by atoms with E-state index in [0.29, 0.717) is 28.7 Å². The van der Waals surface area contributed by atoms with Crippen LogP contribution < -0.4 is 14.8 Å². The molecule has 0 aromatic heterocycles. The van der Waals surface area contributed by atoms with Crippen molar-refractivity contribution in [3.63, 3.8) is 0 Å². The maximum Gasteiger partial charge on any atom is 0.154 e. The molecule has 1 saturated heterocycles. The van der Waals surface area contributed by atoms with Crippen LogP contribution in [0.1, 0.15) is 61.3 Å². The Kier molecular flexibility index (Phi) is 14.1. The zero-order chi connectivity index (χ0) is 36.5. The van der Waals surface area contributed by atoms with E-state index in [1.165, 1.54) is 11.1 Å². The lowest BCUT2D eigenvalue weighted by molar-refractivity contribution is 0.165. The standard InChI is InChI=1S/C40H51ClF2N2O6/c1-25-8-11-37(49-15-5-13-45-14-12-32(48)20-45)27(3)40(25)33-7-4-6-29(26(33)2)24-51-39-18-38(50-23-28-9-10-35(42)36(43)16-28)30(17-34(39)41)19-44-31(21-46)22-47/h4,6-11,17-18,25,28,31-32,40,44,46-48H,5,12-16,19-24H2,1-3H3/t25?,28?,32-,40?/m1/s1. The van der Waals surface area contributed by atoms with E-state index in [4.69, 9.17) is 25.8 Å². The van der Waals surface area contributed by atoms with Crippen LogP contribution in [-0.4, -0.2) is 78.4 Å². The van der Waals surface area contributed by atoms with E-state index in [0.717, 1.165) is 55.4 Å². The monoisotopic (exact) mass is 728 g/mol. The Balaban J connectivity index is 1.28. The highest BCUT2D eigenvalue weighted by Crippen LogP contribution is 2.41. The average molecular weight is 729 g/mol. The summed E-state index contributed by atoms with van der Waals surface area (Å²) in [7, 11) is 0. The highest BCUT2D eigenvalue weighted by molar-refractivity contribution is 6.32. The molecule has 51 heavy (non-hydrogen) atoms. The minimum absolute atomic E-state index is 0.0955. The van der Waals surface area contributed by atoms with Gasteiger partial charge in [0.15, 0.2) is 5.83 Å². The second-order valence-corrected chi connectivity index (χ2v) is 14.2. The molecule has 0 spiro atoms. The second-order valence-electron chi connectivity index (χ2n) is 13.8. The molecular formula is C40H51ClF2N2O6. The van der Waals surface area contributed by atoms with Gasteiger partial charge in [0, 0.05) is 56.1 Å². The lowest BCUT2D eigenvalue weighted by Gasteiger charge is -2.30. The number of allylic oxidation sites excluding steroid dienone is 6. The molecule has 3 aliphatic rings. The molecule has 2 aliphatic carbocycles. The van der Waals surface area contributed by atoms with Gasteiger partial charge in [0.2, 0.25) is 0 Å². The molecule has 2 aromatic carbocycles. The number of ether oxygens (including phenoxy) is 3. The number of hydrogen-bond acceptors (Lipinski definition) is 8. The first kappa shape index (κ1) is 39.0. The van der Waals surface area contributed by atoms with Crippen LogP contribution in [-0.2, 0) is 17.9 Å². The molecule has 1 heterocycles. The van der Waals surface area contributed by atoms with Crippen molar-refractivity contribution in [2.75, 3.05) is 46.1 Å². The van der Waals surface area contributed by atoms with Gasteiger partial charge in [0.1, 0.15) is 29.7 Å². The predicted molar refractivity (Wildman–Crippen MR) is 195 cm³/mol. The zero-order valence-electron chi connectivity index (χ0n) is 29.7. The van der Waals surface area contributed by atoms with Gasteiger partial charge in [-0.25, -0.2) is 8.78 Å². The van der Waals surface area contributed by atoms with Gasteiger partial charge in [-0.1, -0.05) is 48.9 Å². The minimum atomic E-state index is -0.864. The van der Waals surface area contributed by atoms with Crippen molar-refractivity contribution in [2.24, 2.45) is 11.8 Å². The van der Waals surface area contributed by atoms with Crippen LogP contribution >= 0.6 is 11.6 Å². The molecule has 278 valence electrons. The fourth-order valence-electron chi connectivity index (χ4n) is 6.96. The molecule has 4 N–H and O–H groups in total. The predicted octanol–water partition coefficient (Wildman–Crippen LogP) is 6.81. The van der Waals surface area contributed by atoms with Crippen LogP contribution in [0, 0.1) is 18.8 Å². The van der Waals surface area contributed by atoms with Crippen molar-refractivity contribution in [1.82, 2.24) is 10.2 Å². The quantitative estimate of drug-likeness (QED) is 0.132. The fraction of sp³-hybridized carbons (Fsp3) is 0.500. The van der Waals surface area contributed by atoms with E-state index >= 15 is 0 Å². The van der Waals surface area contributed by atoms with Gasteiger partial charge in [0.05, 0.1) is 43.6 Å². The lowest BCUT2D eigenvalue weighted by Crippen LogP contribution is -2.35. The summed E-state index contributed by atoms with van der Waals surface area (Å²) >= 11 is 6.72. The SMILES string of the molecule is CC1=C(OCCCN2CC[C@@H](O)C2)C=CC(C)C1c1cccc(COc2cc(OCC3C=CC(F)=C(F)C3)c(CNC(CO)CO)cc2Cl)c1C. The number of aliphatic hydroxyl groups excluding tert-OH is 3. The summed E-state index contributed by atoms with van der Waals surface area (Å²) in [6.45, 7) is 9.75. The summed E-state index contributed by atoms with van der Waals surface area (Å²) in [5.74, 6) is 0.138. The number of hydrogen-bond donors (Lipinski definition) is 4. The summed E-state index contributed by atoms with van der Waals surface area (Å²) in [5.41, 5.74) is 5.18. The number of likely N-dealkylation sites (tertiary alicyclic amines) is 1. The summed E-state index contributed by atoms with van der Waals surface area (Å²) in [6, 6.07) is 9.12. The Morgan fingerprint density at radius 3 is 2.55 bits per heavy atom. The van der Waals surface area contributed by atoms with Crippen molar-refractivity contribution < 1.29 is 38.3 Å². The normalized spacial score (nSPS) is 22.4. The Hall–Kier alpha value is -3.25. The molecule has 11 heteroatoms. The van der Waals surface area contributed by atoms with Gasteiger partial charge in [-0.3, -0.25) is 0 Å². The van der Waals surface area contributed by atoms with Crippen LogP contribution in [0.2, 0.25) is 5.02 Å². The zero-order valence-corrected chi connectivity index (χ0v) is 30.5. The molecule has 0 saturated carbocycles. The summed E-state index contributed by atoms with van der Waals surface area (Å²) < 4.78 is 46.2. The van der Waals surface area contributed by atoms with Gasteiger partial charge in [-0.15, -0.1) is 0 Å². The van der Waals surface area contributed by atoms with Crippen LogP contribution in [0.15, 0.2) is 77.6 Å². The van der Waals surface area contributed by atoms with E-state index < -0.39 is 17.7 Å². The molecule has 1 fully saturated rings.